The van der Waals surface area contributed by atoms with E-state index in [2.05, 4.69) is 10.1 Å². The maximum Gasteiger partial charge on any atom is 0.314 e. The van der Waals surface area contributed by atoms with Crippen molar-refractivity contribution in [2.24, 2.45) is 0 Å². The van der Waals surface area contributed by atoms with Gasteiger partial charge in [0.2, 0.25) is 0 Å². The van der Waals surface area contributed by atoms with Crippen molar-refractivity contribution < 1.29 is 9.90 Å². The summed E-state index contributed by atoms with van der Waals surface area (Å²) in [6, 6.07) is 7.59. The highest BCUT2D eigenvalue weighted by atomic mass is 16.4. The van der Waals surface area contributed by atoms with Gasteiger partial charge < -0.3 is 5.11 Å². The highest BCUT2D eigenvalue weighted by Crippen LogP contribution is 2.41. The first-order chi connectivity index (χ1) is 9.22. The van der Waals surface area contributed by atoms with E-state index >= 15 is 0 Å². The minimum atomic E-state index is -0.710. The molecule has 19 heavy (non-hydrogen) atoms. The molecule has 5 heteroatoms. The van der Waals surface area contributed by atoms with Crippen molar-refractivity contribution in [2.75, 3.05) is 0 Å². The zero-order valence-electron chi connectivity index (χ0n) is 10.5. The molecule has 5 nitrogen and oxygen atoms in total. The summed E-state index contributed by atoms with van der Waals surface area (Å²) in [4.78, 5) is 15.5. The molecule has 1 saturated carbocycles. The summed E-state index contributed by atoms with van der Waals surface area (Å²) in [5, 5.41) is 13.6. The summed E-state index contributed by atoms with van der Waals surface area (Å²) < 4.78 is 1.66. The molecule has 1 N–H and O–H groups in total. The number of rotatable bonds is 3. The number of carboxylic acid groups (broad SMARTS) is 1. The van der Waals surface area contributed by atoms with Crippen LogP contribution >= 0.6 is 0 Å². The summed E-state index contributed by atoms with van der Waals surface area (Å²) in [7, 11) is 0. The Hall–Kier alpha value is -2.17. The van der Waals surface area contributed by atoms with E-state index in [4.69, 9.17) is 0 Å². The molecule has 1 aromatic heterocycles. The van der Waals surface area contributed by atoms with Gasteiger partial charge in [-0.3, -0.25) is 4.79 Å². The Morgan fingerprint density at radius 1 is 1.21 bits per heavy atom. The van der Waals surface area contributed by atoms with Crippen molar-refractivity contribution in [1.82, 2.24) is 14.8 Å². The molecule has 0 atom stereocenters. The molecule has 0 unspecified atom stereocenters. The quantitative estimate of drug-likeness (QED) is 0.915. The number of carbonyl (C=O) groups is 1. The first-order valence-electron chi connectivity index (χ1n) is 6.41. The van der Waals surface area contributed by atoms with E-state index < -0.39 is 11.4 Å². The summed E-state index contributed by atoms with van der Waals surface area (Å²) in [5.41, 5.74) is 1.09. The molecule has 2 aromatic rings. The van der Waals surface area contributed by atoms with Crippen LogP contribution in [0.5, 0.6) is 0 Å². The van der Waals surface area contributed by atoms with Gasteiger partial charge in [-0.1, -0.05) is 25.0 Å². The first-order valence-corrected chi connectivity index (χ1v) is 6.41. The maximum atomic E-state index is 11.6. The molecular formula is C14H15N3O2. The van der Waals surface area contributed by atoms with Crippen molar-refractivity contribution in [3.05, 3.63) is 42.5 Å². The van der Waals surface area contributed by atoms with Crippen molar-refractivity contribution >= 4 is 5.97 Å². The van der Waals surface area contributed by atoms with Crippen molar-refractivity contribution in [2.45, 2.75) is 31.1 Å². The van der Waals surface area contributed by atoms with Crippen LogP contribution in [-0.4, -0.2) is 25.8 Å². The number of hydrogen-bond acceptors (Lipinski definition) is 3. The van der Waals surface area contributed by atoms with Gasteiger partial charge in [-0.05, 0) is 30.5 Å². The van der Waals surface area contributed by atoms with Gasteiger partial charge in [-0.25, -0.2) is 9.67 Å². The van der Waals surface area contributed by atoms with Gasteiger partial charge >= 0.3 is 5.97 Å². The molecule has 0 amide bonds. The van der Waals surface area contributed by atoms with Crippen LogP contribution in [0.2, 0.25) is 0 Å². The highest BCUT2D eigenvalue weighted by molar-refractivity contribution is 5.81. The Bertz CT molecular complexity index is 569. The lowest BCUT2D eigenvalue weighted by atomic mass is 9.79. The Labute approximate surface area is 110 Å². The minimum absolute atomic E-state index is 0.694. The van der Waals surface area contributed by atoms with Gasteiger partial charge in [-0.2, -0.15) is 5.10 Å². The monoisotopic (exact) mass is 257 g/mol. The van der Waals surface area contributed by atoms with Gasteiger partial charge in [0.05, 0.1) is 11.1 Å². The van der Waals surface area contributed by atoms with Gasteiger partial charge in [0.1, 0.15) is 12.7 Å². The maximum absolute atomic E-state index is 11.6. The second-order valence-corrected chi connectivity index (χ2v) is 4.98. The Kier molecular flexibility index (Phi) is 2.81. The number of nitrogens with zero attached hydrogens (tertiary/aromatic N) is 3. The fourth-order valence-electron chi connectivity index (χ4n) is 2.88. The zero-order valence-corrected chi connectivity index (χ0v) is 10.5. The lowest BCUT2D eigenvalue weighted by Crippen LogP contribution is -2.32. The van der Waals surface area contributed by atoms with Crippen LogP contribution < -0.4 is 0 Å². The Morgan fingerprint density at radius 2 is 1.89 bits per heavy atom. The van der Waals surface area contributed by atoms with Crippen LogP contribution in [0.4, 0.5) is 0 Å². The molecule has 0 radical (unpaired) electrons. The second kappa shape index (κ2) is 4.50. The zero-order chi connectivity index (χ0) is 13.3. The van der Waals surface area contributed by atoms with E-state index in [1.54, 1.807) is 11.0 Å². The largest absolute Gasteiger partial charge is 0.481 e. The molecule has 98 valence electrons. The SMILES string of the molecule is O=C(O)C1(c2ccc(-n3cncn3)cc2)CCCC1. The van der Waals surface area contributed by atoms with Crippen molar-refractivity contribution in [3.8, 4) is 5.69 Å². The lowest BCUT2D eigenvalue weighted by molar-refractivity contribution is -0.143. The molecule has 0 saturated heterocycles. The molecular weight excluding hydrogens is 242 g/mol. The topological polar surface area (TPSA) is 68.0 Å². The molecule has 1 aliphatic carbocycles. The third kappa shape index (κ3) is 1.91. The van der Waals surface area contributed by atoms with E-state index in [1.165, 1.54) is 6.33 Å². The normalized spacial score (nSPS) is 17.5. The molecule has 1 heterocycles. The summed E-state index contributed by atoms with van der Waals surface area (Å²) in [6.07, 6.45) is 6.52. The predicted octanol–water partition coefficient (Wildman–Crippen LogP) is 2.16. The average Bonchev–Trinajstić information content (AvgIpc) is 3.11. The summed E-state index contributed by atoms with van der Waals surface area (Å²) in [6.45, 7) is 0. The third-order valence-corrected chi connectivity index (χ3v) is 3.97. The predicted molar refractivity (Wildman–Crippen MR) is 69.1 cm³/mol. The van der Waals surface area contributed by atoms with Crippen molar-refractivity contribution in [3.63, 3.8) is 0 Å². The van der Waals surface area contributed by atoms with E-state index in [9.17, 15) is 9.90 Å². The van der Waals surface area contributed by atoms with E-state index in [-0.39, 0.29) is 0 Å². The number of aliphatic carboxylic acids is 1. The molecule has 0 bridgehead atoms. The lowest BCUT2D eigenvalue weighted by Gasteiger charge is -2.24. The smallest absolute Gasteiger partial charge is 0.314 e. The summed E-state index contributed by atoms with van der Waals surface area (Å²) >= 11 is 0. The van der Waals surface area contributed by atoms with Crippen LogP contribution in [0.15, 0.2) is 36.9 Å². The fraction of sp³-hybridized carbons (Fsp3) is 0.357. The van der Waals surface area contributed by atoms with Crippen LogP contribution in [0, 0.1) is 0 Å². The molecule has 3 rings (SSSR count). The van der Waals surface area contributed by atoms with Crippen LogP contribution in [0.25, 0.3) is 5.69 Å². The molecule has 1 fully saturated rings. The Morgan fingerprint density at radius 3 is 2.42 bits per heavy atom. The average molecular weight is 257 g/mol. The standard InChI is InChI=1S/C14H15N3O2/c18-13(19)14(7-1-2-8-14)11-3-5-12(6-4-11)17-10-15-9-16-17/h3-6,9-10H,1-2,7-8H2,(H,18,19). The second-order valence-electron chi connectivity index (χ2n) is 4.98. The van der Waals surface area contributed by atoms with Gasteiger partial charge in [0.25, 0.3) is 0 Å². The molecule has 1 aromatic carbocycles. The highest BCUT2D eigenvalue weighted by Gasteiger charge is 2.42. The van der Waals surface area contributed by atoms with E-state index in [1.807, 2.05) is 24.3 Å². The van der Waals surface area contributed by atoms with Crippen LogP contribution in [0.3, 0.4) is 0 Å². The number of benzene rings is 1. The third-order valence-electron chi connectivity index (χ3n) is 3.97. The minimum Gasteiger partial charge on any atom is -0.481 e. The first kappa shape index (κ1) is 11.9. The van der Waals surface area contributed by atoms with Crippen molar-refractivity contribution in [1.29, 1.82) is 0 Å². The van der Waals surface area contributed by atoms with Crippen LogP contribution in [0.1, 0.15) is 31.2 Å². The van der Waals surface area contributed by atoms with Crippen LogP contribution in [-0.2, 0) is 10.2 Å². The van der Waals surface area contributed by atoms with Gasteiger partial charge in [-0.15, -0.1) is 0 Å². The Balaban J connectivity index is 1.96. The number of aromatic nitrogens is 3. The number of carboxylic acids is 1. The van der Waals surface area contributed by atoms with Gasteiger partial charge in [0.15, 0.2) is 0 Å². The fourth-order valence-corrected chi connectivity index (χ4v) is 2.88. The van der Waals surface area contributed by atoms with E-state index in [0.717, 1.165) is 36.9 Å². The van der Waals surface area contributed by atoms with E-state index in [0.29, 0.717) is 0 Å². The summed E-state index contributed by atoms with van der Waals surface area (Å²) in [5.74, 6) is -0.710. The molecule has 0 spiro atoms. The number of hydrogen-bond donors (Lipinski definition) is 1. The molecule has 0 aliphatic heterocycles. The molecule has 1 aliphatic rings. The van der Waals surface area contributed by atoms with Gasteiger partial charge in [0, 0.05) is 0 Å².